The number of rotatable bonds is 3. The van der Waals surface area contributed by atoms with Crippen LogP contribution >= 0.6 is 0 Å². The fourth-order valence-corrected chi connectivity index (χ4v) is 2.47. The second-order valence-corrected chi connectivity index (χ2v) is 5.57. The number of halogens is 3. The maximum atomic E-state index is 12.7. The van der Waals surface area contributed by atoms with Gasteiger partial charge >= 0.3 is 6.18 Å². The van der Waals surface area contributed by atoms with Crippen molar-refractivity contribution in [1.82, 2.24) is 10.3 Å². The van der Waals surface area contributed by atoms with Gasteiger partial charge in [-0.15, -0.1) is 0 Å². The van der Waals surface area contributed by atoms with Crippen molar-refractivity contribution < 1.29 is 22.7 Å². The van der Waals surface area contributed by atoms with E-state index in [1.54, 1.807) is 12.1 Å². The first-order valence-electron chi connectivity index (χ1n) is 7.70. The normalized spacial score (nSPS) is 18.0. The number of morpholine rings is 1. The molecule has 1 aromatic heterocycles. The zero-order valence-electron chi connectivity index (χ0n) is 13.1. The Labute approximate surface area is 142 Å². The van der Waals surface area contributed by atoms with E-state index in [0.717, 1.165) is 24.4 Å². The molecular weight excluding hydrogens is 335 g/mol. The molecule has 0 spiro atoms. The summed E-state index contributed by atoms with van der Waals surface area (Å²) in [6.45, 7) is 2.05. The predicted molar refractivity (Wildman–Crippen MR) is 85.2 cm³/mol. The van der Waals surface area contributed by atoms with Crippen molar-refractivity contribution in [1.29, 1.82) is 0 Å². The minimum atomic E-state index is -4.49. The SMILES string of the molecule is O=C(Nc1ccc([C@H]2CNCCO2)nc1)c1cccc(C(F)(F)F)c1. The lowest BCUT2D eigenvalue weighted by atomic mass is 10.1. The zero-order valence-corrected chi connectivity index (χ0v) is 13.1. The van der Waals surface area contributed by atoms with Crippen molar-refractivity contribution in [2.24, 2.45) is 0 Å². The molecule has 1 atom stereocenters. The van der Waals surface area contributed by atoms with Crippen LogP contribution in [0.3, 0.4) is 0 Å². The number of pyridine rings is 1. The number of hydrogen-bond donors (Lipinski definition) is 2. The molecule has 2 heterocycles. The fraction of sp³-hybridized carbons (Fsp3) is 0.294. The summed E-state index contributed by atoms with van der Waals surface area (Å²) >= 11 is 0. The monoisotopic (exact) mass is 351 g/mol. The number of carbonyl (C=O) groups excluding carboxylic acids is 1. The summed E-state index contributed by atoms with van der Waals surface area (Å²) in [6, 6.07) is 7.63. The first-order valence-corrected chi connectivity index (χ1v) is 7.70. The highest BCUT2D eigenvalue weighted by Crippen LogP contribution is 2.29. The lowest BCUT2D eigenvalue weighted by Gasteiger charge is -2.23. The molecule has 8 heteroatoms. The van der Waals surface area contributed by atoms with Gasteiger partial charge in [-0.05, 0) is 30.3 Å². The Hall–Kier alpha value is -2.45. The number of hydrogen-bond acceptors (Lipinski definition) is 4. The number of ether oxygens (including phenoxy) is 1. The van der Waals surface area contributed by atoms with Gasteiger partial charge in [0.1, 0.15) is 6.10 Å². The van der Waals surface area contributed by atoms with Crippen molar-refractivity contribution in [3.63, 3.8) is 0 Å². The Morgan fingerprint density at radius 1 is 1.28 bits per heavy atom. The first kappa shape index (κ1) is 17.4. The number of nitrogens with one attached hydrogen (secondary N) is 2. The van der Waals surface area contributed by atoms with Gasteiger partial charge in [-0.3, -0.25) is 9.78 Å². The van der Waals surface area contributed by atoms with Gasteiger partial charge in [-0.2, -0.15) is 13.2 Å². The summed E-state index contributed by atoms with van der Waals surface area (Å²) in [5, 5.41) is 5.73. The van der Waals surface area contributed by atoms with E-state index in [1.165, 1.54) is 18.3 Å². The Morgan fingerprint density at radius 2 is 2.12 bits per heavy atom. The van der Waals surface area contributed by atoms with E-state index in [2.05, 4.69) is 15.6 Å². The highest BCUT2D eigenvalue weighted by molar-refractivity contribution is 6.04. The van der Waals surface area contributed by atoms with Gasteiger partial charge in [0.15, 0.2) is 0 Å². The van der Waals surface area contributed by atoms with E-state index in [0.29, 0.717) is 18.8 Å². The van der Waals surface area contributed by atoms with Crippen molar-refractivity contribution in [3.05, 3.63) is 59.4 Å². The van der Waals surface area contributed by atoms with Crippen LogP contribution in [-0.4, -0.2) is 30.6 Å². The number of alkyl halides is 3. The minimum Gasteiger partial charge on any atom is -0.369 e. The molecule has 0 bridgehead atoms. The smallest absolute Gasteiger partial charge is 0.369 e. The van der Waals surface area contributed by atoms with Gasteiger partial charge in [0.25, 0.3) is 5.91 Å². The van der Waals surface area contributed by atoms with Crippen LogP contribution in [0.5, 0.6) is 0 Å². The van der Waals surface area contributed by atoms with Crippen LogP contribution in [-0.2, 0) is 10.9 Å². The Bertz CT molecular complexity index is 742. The molecule has 1 aliphatic heterocycles. The summed E-state index contributed by atoms with van der Waals surface area (Å²) in [5.41, 5.74) is 0.188. The number of carbonyl (C=O) groups is 1. The average Bonchev–Trinajstić information content (AvgIpc) is 2.62. The first-order chi connectivity index (χ1) is 11.9. The average molecular weight is 351 g/mol. The van der Waals surface area contributed by atoms with Crippen LogP contribution in [0, 0.1) is 0 Å². The van der Waals surface area contributed by atoms with Gasteiger partial charge < -0.3 is 15.4 Å². The van der Waals surface area contributed by atoms with Gasteiger partial charge in [-0.25, -0.2) is 0 Å². The summed E-state index contributed by atoms with van der Waals surface area (Å²) in [5.74, 6) is -0.628. The van der Waals surface area contributed by atoms with Crippen LogP contribution in [0.25, 0.3) is 0 Å². The quantitative estimate of drug-likeness (QED) is 0.892. The molecule has 3 rings (SSSR count). The van der Waals surface area contributed by atoms with Gasteiger partial charge in [0.2, 0.25) is 0 Å². The van der Waals surface area contributed by atoms with Crippen molar-refractivity contribution in [3.8, 4) is 0 Å². The maximum Gasteiger partial charge on any atom is 0.416 e. The van der Waals surface area contributed by atoms with Gasteiger partial charge in [-0.1, -0.05) is 6.07 Å². The molecule has 5 nitrogen and oxygen atoms in total. The van der Waals surface area contributed by atoms with Gasteiger partial charge in [0, 0.05) is 18.7 Å². The second kappa shape index (κ2) is 7.20. The fourth-order valence-electron chi connectivity index (χ4n) is 2.47. The number of anilines is 1. The largest absolute Gasteiger partial charge is 0.416 e. The summed E-state index contributed by atoms with van der Waals surface area (Å²) in [7, 11) is 0. The van der Waals surface area contributed by atoms with E-state index in [9.17, 15) is 18.0 Å². The molecule has 25 heavy (non-hydrogen) atoms. The lowest BCUT2D eigenvalue weighted by Crippen LogP contribution is -2.33. The number of benzene rings is 1. The molecule has 0 radical (unpaired) electrons. The molecular formula is C17H16F3N3O2. The topological polar surface area (TPSA) is 63.2 Å². The van der Waals surface area contributed by atoms with E-state index in [1.807, 2.05) is 0 Å². The van der Waals surface area contributed by atoms with E-state index < -0.39 is 17.6 Å². The van der Waals surface area contributed by atoms with E-state index in [4.69, 9.17) is 4.74 Å². The number of nitrogens with zero attached hydrogens (tertiary/aromatic N) is 1. The van der Waals surface area contributed by atoms with Gasteiger partial charge in [0.05, 0.1) is 29.7 Å². The molecule has 1 amide bonds. The van der Waals surface area contributed by atoms with Crippen LogP contribution in [0.2, 0.25) is 0 Å². The molecule has 1 aliphatic rings. The van der Waals surface area contributed by atoms with Crippen molar-refractivity contribution in [2.45, 2.75) is 12.3 Å². The third-order valence-electron chi connectivity index (χ3n) is 3.75. The molecule has 132 valence electrons. The molecule has 1 saturated heterocycles. The molecule has 0 saturated carbocycles. The minimum absolute atomic E-state index is 0.0706. The predicted octanol–water partition coefficient (Wildman–Crippen LogP) is 3.01. The van der Waals surface area contributed by atoms with Crippen LogP contribution in [0.4, 0.5) is 18.9 Å². The summed E-state index contributed by atoms with van der Waals surface area (Å²) in [4.78, 5) is 16.4. The Balaban J connectivity index is 1.68. The third kappa shape index (κ3) is 4.34. The van der Waals surface area contributed by atoms with E-state index >= 15 is 0 Å². The molecule has 1 aromatic carbocycles. The molecule has 1 fully saturated rings. The molecule has 2 N–H and O–H groups in total. The third-order valence-corrected chi connectivity index (χ3v) is 3.75. The lowest BCUT2D eigenvalue weighted by molar-refractivity contribution is -0.137. The number of aromatic nitrogens is 1. The molecule has 0 unspecified atom stereocenters. The molecule has 2 aromatic rings. The van der Waals surface area contributed by atoms with Crippen LogP contribution in [0.1, 0.15) is 27.7 Å². The summed E-state index contributed by atoms with van der Waals surface area (Å²) < 4.78 is 43.7. The van der Waals surface area contributed by atoms with E-state index in [-0.39, 0.29) is 11.7 Å². The highest BCUT2D eigenvalue weighted by Gasteiger charge is 2.30. The standard InChI is InChI=1S/C17H16F3N3O2/c18-17(19,20)12-3-1-2-11(8-12)16(24)23-13-4-5-14(22-9-13)15-10-21-6-7-25-15/h1-5,8-9,15,21H,6-7,10H2,(H,23,24)/t15-/m1/s1. The number of amides is 1. The van der Waals surface area contributed by atoms with Crippen LogP contribution in [0.15, 0.2) is 42.6 Å². The highest BCUT2D eigenvalue weighted by atomic mass is 19.4. The maximum absolute atomic E-state index is 12.7. The zero-order chi connectivity index (χ0) is 17.9. The van der Waals surface area contributed by atoms with Crippen molar-refractivity contribution in [2.75, 3.05) is 25.0 Å². The summed E-state index contributed by atoms with van der Waals surface area (Å²) in [6.07, 6.45) is -3.19. The Kier molecular flexibility index (Phi) is 5.00. The van der Waals surface area contributed by atoms with Crippen LogP contribution < -0.4 is 10.6 Å². The second-order valence-electron chi connectivity index (χ2n) is 5.57. The Morgan fingerprint density at radius 3 is 2.76 bits per heavy atom. The molecule has 0 aliphatic carbocycles. The van der Waals surface area contributed by atoms with Crippen molar-refractivity contribution >= 4 is 11.6 Å².